The molecule has 23 heavy (non-hydrogen) atoms. The number of nitrogens with zero attached hydrogens (tertiary/aromatic N) is 1. The zero-order valence-electron chi connectivity index (χ0n) is 12.5. The molecule has 0 bridgehead atoms. The fourth-order valence-electron chi connectivity index (χ4n) is 2.55. The van der Waals surface area contributed by atoms with E-state index in [-0.39, 0.29) is 5.56 Å². The van der Waals surface area contributed by atoms with E-state index in [2.05, 4.69) is 0 Å². The SMILES string of the molecule is NC(=O)c1ccc(Cn2ccccc2=O)cc1-c1ccccc1. The van der Waals surface area contributed by atoms with Gasteiger partial charge in [0.15, 0.2) is 0 Å². The van der Waals surface area contributed by atoms with Gasteiger partial charge in [-0.2, -0.15) is 0 Å². The summed E-state index contributed by atoms with van der Waals surface area (Å²) < 4.78 is 1.62. The molecule has 4 nitrogen and oxygen atoms in total. The Bertz CT molecular complexity index is 898. The molecule has 0 unspecified atom stereocenters. The van der Waals surface area contributed by atoms with Crippen LogP contribution in [0.25, 0.3) is 11.1 Å². The topological polar surface area (TPSA) is 65.1 Å². The largest absolute Gasteiger partial charge is 0.366 e. The van der Waals surface area contributed by atoms with Crippen molar-refractivity contribution in [2.45, 2.75) is 6.54 Å². The molecule has 1 heterocycles. The van der Waals surface area contributed by atoms with Gasteiger partial charge in [0.25, 0.3) is 5.56 Å². The number of aromatic nitrogens is 1. The van der Waals surface area contributed by atoms with Crippen LogP contribution in [0.15, 0.2) is 77.7 Å². The van der Waals surface area contributed by atoms with E-state index < -0.39 is 5.91 Å². The highest BCUT2D eigenvalue weighted by Crippen LogP contribution is 2.25. The van der Waals surface area contributed by atoms with Crippen molar-refractivity contribution in [3.05, 3.63) is 94.4 Å². The highest BCUT2D eigenvalue weighted by Gasteiger charge is 2.11. The van der Waals surface area contributed by atoms with Crippen LogP contribution in [0.1, 0.15) is 15.9 Å². The van der Waals surface area contributed by atoms with Crippen molar-refractivity contribution in [2.75, 3.05) is 0 Å². The van der Waals surface area contributed by atoms with E-state index in [0.717, 1.165) is 16.7 Å². The van der Waals surface area contributed by atoms with Gasteiger partial charge in [0, 0.05) is 17.8 Å². The number of amides is 1. The molecule has 0 saturated carbocycles. The summed E-state index contributed by atoms with van der Waals surface area (Å²) in [4.78, 5) is 23.5. The molecule has 1 aromatic heterocycles. The van der Waals surface area contributed by atoms with Gasteiger partial charge < -0.3 is 10.3 Å². The minimum Gasteiger partial charge on any atom is -0.366 e. The zero-order chi connectivity index (χ0) is 16.2. The molecule has 3 aromatic rings. The molecule has 2 N–H and O–H groups in total. The Morgan fingerprint density at radius 2 is 1.70 bits per heavy atom. The van der Waals surface area contributed by atoms with Gasteiger partial charge in [-0.3, -0.25) is 9.59 Å². The average molecular weight is 304 g/mol. The number of benzene rings is 2. The molecule has 3 rings (SSSR count). The van der Waals surface area contributed by atoms with E-state index in [4.69, 9.17) is 5.73 Å². The Hall–Kier alpha value is -3.14. The van der Waals surface area contributed by atoms with Crippen LogP contribution in [0, 0.1) is 0 Å². The van der Waals surface area contributed by atoms with Crippen LogP contribution in [-0.2, 0) is 6.54 Å². The third-order valence-electron chi connectivity index (χ3n) is 3.69. The number of pyridine rings is 1. The normalized spacial score (nSPS) is 10.4. The molecule has 0 aliphatic carbocycles. The van der Waals surface area contributed by atoms with E-state index in [9.17, 15) is 9.59 Å². The van der Waals surface area contributed by atoms with Crippen LogP contribution in [0.2, 0.25) is 0 Å². The lowest BCUT2D eigenvalue weighted by atomic mass is 9.97. The zero-order valence-corrected chi connectivity index (χ0v) is 12.5. The summed E-state index contributed by atoms with van der Waals surface area (Å²) in [5.74, 6) is -0.465. The minimum atomic E-state index is -0.465. The molecule has 0 aliphatic heterocycles. The number of nitrogens with two attached hydrogens (primary N) is 1. The third kappa shape index (κ3) is 3.21. The van der Waals surface area contributed by atoms with Crippen LogP contribution >= 0.6 is 0 Å². The monoisotopic (exact) mass is 304 g/mol. The molecule has 0 aliphatic rings. The molecule has 0 saturated heterocycles. The second kappa shape index (κ2) is 6.32. The molecule has 1 amide bonds. The molecule has 0 fully saturated rings. The Morgan fingerprint density at radius 1 is 0.957 bits per heavy atom. The molecule has 0 radical (unpaired) electrons. The van der Waals surface area contributed by atoms with Gasteiger partial charge in [-0.05, 0) is 34.9 Å². The lowest BCUT2D eigenvalue weighted by molar-refractivity contribution is 0.100. The number of hydrogen-bond donors (Lipinski definition) is 1. The summed E-state index contributed by atoms with van der Waals surface area (Å²) >= 11 is 0. The van der Waals surface area contributed by atoms with Gasteiger partial charge in [0.1, 0.15) is 0 Å². The smallest absolute Gasteiger partial charge is 0.250 e. The highest BCUT2D eigenvalue weighted by atomic mass is 16.1. The van der Waals surface area contributed by atoms with Crippen molar-refractivity contribution in [3.63, 3.8) is 0 Å². The van der Waals surface area contributed by atoms with Crippen molar-refractivity contribution in [1.29, 1.82) is 0 Å². The maximum absolute atomic E-state index is 11.8. The fraction of sp³-hybridized carbons (Fsp3) is 0.0526. The number of carbonyl (C=O) groups excluding carboxylic acids is 1. The van der Waals surface area contributed by atoms with Crippen LogP contribution in [0.4, 0.5) is 0 Å². The van der Waals surface area contributed by atoms with E-state index in [0.29, 0.717) is 12.1 Å². The van der Waals surface area contributed by atoms with Crippen LogP contribution < -0.4 is 11.3 Å². The predicted molar refractivity (Wildman–Crippen MR) is 90.2 cm³/mol. The lowest BCUT2D eigenvalue weighted by Crippen LogP contribution is -2.18. The van der Waals surface area contributed by atoms with Crippen LogP contribution in [0.5, 0.6) is 0 Å². The number of primary amides is 1. The first kappa shape index (κ1) is 14.8. The summed E-state index contributed by atoms with van der Waals surface area (Å²) in [6.45, 7) is 0.443. The second-order valence-corrected chi connectivity index (χ2v) is 5.28. The van der Waals surface area contributed by atoms with Gasteiger partial charge in [-0.1, -0.05) is 42.5 Å². The van der Waals surface area contributed by atoms with Crippen LogP contribution in [-0.4, -0.2) is 10.5 Å². The first-order valence-electron chi connectivity index (χ1n) is 7.29. The van der Waals surface area contributed by atoms with Crippen LogP contribution in [0.3, 0.4) is 0 Å². The predicted octanol–water partition coefficient (Wildman–Crippen LogP) is 2.66. The summed E-state index contributed by atoms with van der Waals surface area (Å²) in [6.07, 6.45) is 1.74. The van der Waals surface area contributed by atoms with E-state index in [1.54, 1.807) is 22.9 Å². The number of rotatable bonds is 4. The molecular weight excluding hydrogens is 288 g/mol. The van der Waals surface area contributed by atoms with Gasteiger partial charge in [0.05, 0.1) is 6.54 Å². The Morgan fingerprint density at radius 3 is 2.39 bits per heavy atom. The van der Waals surface area contributed by atoms with Gasteiger partial charge >= 0.3 is 0 Å². The molecule has 4 heteroatoms. The standard InChI is InChI=1S/C19H16N2O2/c20-19(23)16-10-9-14(13-21-11-5-4-8-18(21)22)12-17(16)15-6-2-1-3-7-15/h1-12H,13H2,(H2,20,23). The molecule has 114 valence electrons. The quantitative estimate of drug-likeness (QED) is 0.805. The van der Waals surface area contributed by atoms with Crippen molar-refractivity contribution < 1.29 is 4.79 Å². The number of carbonyl (C=O) groups is 1. The summed E-state index contributed by atoms with van der Waals surface area (Å²) in [6, 6.07) is 20.1. The third-order valence-corrected chi connectivity index (χ3v) is 3.69. The molecule has 0 spiro atoms. The van der Waals surface area contributed by atoms with Crippen molar-refractivity contribution in [1.82, 2.24) is 4.57 Å². The number of hydrogen-bond acceptors (Lipinski definition) is 2. The van der Waals surface area contributed by atoms with Gasteiger partial charge in [-0.25, -0.2) is 0 Å². The van der Waals surface area contributed by atoms with Crippen molar-refractivity contribution >= 4 is 5.91 Å². The molecular formula is C19H16N2O2. The summed E-state index contributed by atoms with van der Waals surface area (Å²) in [5, 5.41) is 0. The summed E-state index contributed by atoms with van der Waals surface area (Å²) in [5.41, 5.74) is 8.52. The van der Waals surface area contributed by atoms with Crippen molar-refractivity contribution in [2.24, 2.45) is 5.73 Å². The van der Waals surface area contributed by atoms with E-state index in [1.165, 1.54) is 6.07 Å². The first-order valence-corrected chi connectivity index (χ1v) is 7.29. The van der Waals surface area contributed by atoms with E-state index >= 15 is 0 Å². The minimum absolute atomic E-state index is 0.0623. The Labute approximate surface area is 133 Å². The van der Waals surface area contributed by atoms with Gasteiger partial charge in [0.2, 0.25) is 5.91 Å². The fourth-order valence-corrected chi connectivity index (χ4v) is 2.55. The molecule has 2 aromatic carbocycles. The first-order chi connectivity index (χ1) is 11.1. The maximum Gasteiger partial charge on any atom is 0.250 e. The second-order valence-electron chi connectivity index (χ2n) is 5.28. The Balaban J connectivity index is 2.06. The maximum atomic E-state index is 11.8. The lowest BCUT2D eigenvalue weighted by Gasteiger charge is -2.11. The van der Waals surface area contributed by atoms with Gasteiger partial charge in [-0.15, -0.1) is 0 Å². The molecule has 0 atom stereocenters. The highest BCUT2D eigenvalue weighted by molar-refractivity contribution is 6.00. The average Bonchev–Trinajstić information content (AvgIpc) is 2.57. The van der Waals surface area contributed by atoms with E-state index in [1.807, 2.05) is 48.5 Å². The summed E-state index contributed by atoms with van der Waals surface area (Å²) in [7, 11) is 0. The Kier molecular flexibility index (Phi) is 4.06. The van der Waals surface area contributed by atoms with Crippen molar-refractivity contribution in [3.8, 4) is 11.1 Å².